The summed E-state index contributed by atoms with van der Waals surface area (Å²) in [5, 5.41) is 4.71. The molecule has 1 N–H and O–H groups in total. The van der Waals surface area contributed by atoms with E-state index in [0.29, 0.717) is 11.2 Å². The Kier molecular flexibility index (Phi) is 4.73. The van der Waals surface area contributed by atoms with E-state index in [1.54, 1.807) is 0 Å². The molecule has 2 rings (SSSR count). The number of hydrogen-bond donors (Lipinski definition) is 1. The number of nitrogens with zero attached hydrogens (tertiary/aromatic N) is 2. The van der Waals surface area contributed by atoms with Gasteiger partial charge in [-0.25, -0.2) is 9.97 Å². The zero-order chi connectivity index (χ0) is 13.1. The maximum Gasteiger partial charge on any atom is 0.171 e. The number of aromatic nitrogens is 2. The van der Waals surface area contributed by atoms with Crippen molar-refractivity contribution >= 4 is 29.2 Å². The van der Waals surface area contributed by atoms with Gasteiger partial charge in [-0.3, -0.25) is 0 Å². The van der Waals surface area contributed by atoms with Gasteiger partial charge in [-0.05, 0) is 39.4 Å². The Morgan fingerprint density at radius 2 is 1.94 bits per heavy atom. The molecule has 0 saturated heterocycles. The summed E-state index contributed by atoms with van der Waals surface area (Å²) in [7, 11) is 0. The van der Waals surface area contributed by atoms with Gasteiger partial charge in [0.2, 0.25) is 0 Å². The van der Waals surface area contributed by atoms with E-state index in [2.05, 4.69) is 21.5 Å². The molecule has 1 saturated carbocycles. The topological polar surface area (TPSA) is 37.8 Å². The quantitative estimate of drug-likeness (QED) is 0.916. The molecular formula is C13H20ClN3S. The lowest BCUT2D eigenvalue weighted by molar-refractivity contribution is 0.472. The molecule has 0 bridgehead atoms. The van der Waals surface area contributed by atoms with Gasteiger partial charge < -0.3 is 5.32 Å². The van der Waals surface area contributed by atoms with Crippen molar-refractivity contribution in [1.82, 2.24) is 9.97 Å². The van der Waals surface area contributed by atoms with Gasteiger partial charge in [0, 0.05) is 11.3 Å². The molecule has 1 fully saturated rings. The Hall–Kier alpha value is -0.480. The Balaban J connectivity index is 2.07. The lowest BCUT2D eigenvalue weighted by Gasteiger charge is -2.29. The summed E-state index contributed by atoms with van der Waals surface area (Å²) in [6.07, 6.45) is 7.18. The van der Waals surface area contributed by atoms with Gasteiger partial charge >= 0.3 is 0 Å². The van der Waals surface area contributed by atoms with Crippen LogP contribution in [0.1, 0.15) is 37.1 Å². The van der Waals surface area contributed by atoms with Crippen molar-refractivity contribution in [3.63, 3.8) is 0 Å². The maximum atomic E-state index is 6.15. The minimum absolute atomic E-state index is 0.477. The van der Waals surface area contributed by atoms with E-state index >= 15 is 0 Å². The Morgan fingerprint density at radius 3 is 2.67 bits per heavy atom. The first-order valence-electron chi connectivity index (χ1n) is 6.40. The molecule has 1 aromatic heterocycles. The molecule has 1 aliphatic rings. The van der Waals surface area contributed by atoms with Crippen LogP contribution in [0.15, 0.2) is 0 Å². The molecule has 1 heterocycles. The van der Waals surface area contributed by atoms with Crippen molar-refractivity contribution < 1.29 is 0 Å². The highest BCUT2D eigenvalue weighted by atomic mass is 35.5. The molecule has 0 spiro atoms. The van der Waals surface area contributed by atoms with E-state index < -0.39 is 0 Å². The first kappa shape index (κ1) is 13.9. The third kappa shape index (κ3) is 3.29. The average molecular weight is 286 g/mol. The van der Waals surface area contributed by atoms with Gasteiger partial charge in [0.1, 0.15) is 0 Å². The number of rotatable bonds is 3. The highest BCUT2D eigenvalue weighted by molar-refractivity contribution is 7.99. The molecule has 2 atom stereocenters. The van der Waals surface area contributed by atoms with Crippen LogP contribution in [0.2, 0.25) is 5.15 Å². The van der Waals surface area contributed by atoms with Crippen molar-refractivity contribution in [2.75, 3.05) is 11.6 Å². The monoisotopic (exact) mass is 285 g/mol. The predicted octanol–water partition coefficient (Wildman–Crippen LogP) is 3.83. The fraction of sp³-hybridized carbons (Fsp3) is 0.692. The van der Waals surface area contributed by atoms with E-state index in [1.807, 2.05) is 25.6 Å². The molecule has 18 heavy (non-hydrogen) atoms. The van der Waals surface area contributed by atoms with Crippen LogP contribution >= 0.6 is 23.4 Å². The minimum Gasteiger partial charge on any atom is -0.365 e. The number of aryl methyl sites for hydroxylation is 2. The summed E-state index contributed by atoms with van der Waals surface area (Å²) in [4.78, 5) is 8.82. The highest BCUT2D eigenvalue weighted by Gasteiger charge is 2.22. The normalized spacial score (nSPS) is 24.0. The summed E-state index contributed by atoms with van der Waals surface area (Å²) in [6, 6.07) is 0.477. The lowest BCUT2D eigenvalue weighted by Crippen LogP contribution is -2.29. The lowest BCUT2D eigenvalue weighted by atomic mass is 9.95. The van der Waals surface area contributed by atoms with Crippen LogP contribution < -0.4 is 5.32 Å². The average Bonchev–Trinajstić information content (AvgIpc) is 2.36. The predicted molar refractivity (Wildman–Crippen MR) is 79.7 cm³/mol. The summed E-state index contributed by atoms with van der Waals surface area (Å²) in [5.41, 5.74) is 1.84. The van der Waals surface area contributed by atoms with Crippen LogP contribution in [0.25, 0.3) is 0 Å². The van der Waals surface area contributed by atoms with Gasteiger partial charge in [0.05, 0.1) is 11.4 Å². The first-order valence-corrected chi connectivity index (χ1v) is 8.06. The molecule has 2 unspecified atom stereocenters. The zero-order valence-electron chi connectivity index (χ0n) is 11.2. The third-order valence-corrected chi connectivity index (χ3v) is 4.92. The van der Waals surface area contributed by atoms with E-state index in [-0.39, 0.29) is 0 Å². The SMILES string of the molecule is CSC1CCCC(Nc2nc(C)c(C)nc2Cl)C1. The van der Waals surface area contributed by atoms with Crippen molar-refractivity contribution in [2.24, 2.45) is 0 Å². The first-order chi connectivity index (χ1) is 8.60. The molecule has 0 radical (unpaired) electrons. The standard InChI is InChI=1S/C13H20ClN3S/c1-8-9(2)16-13(12(14)15-8)17-10-5-4-6-11(7-10)18-3/h10-11H,4-7H2,1-3H3,(H,16,17). The second kappa shape index (κ2) is 6.11. The molecule has 0 aliphatic heterocycles. The summed E-state index contributed by atoms with van der Waals surface area (Å²) in [5.74, 6) is 0.742. The molecule has 1 aliphatic carbocycles. The fourth-order valence-corrected chi connectivity index (χ4v) is 3.40. The summed E-state index contributed by atoms with van der Waals surface area (Å²) >= 11 is 8.11. The van der Waals surface area contributed by atoms with Crippen molar-refractivity contribution in [3.8, 4) is 0 Å². The van der Waals surface area contributed by atoms with Crippen molar-refractivity contribution in [3.05, 3.63) is 16.5 Å². The smallest absolute Gasteiger partial charge is 0.171 e. The second-order valence-corrected chi connectivity index (χ2v) is 6.40. The number of thioether (sulfide) groups is 1. The Labute approximate surface area is 118 Å². The van der Waals surface area contributed by atoms with E-state index in [9.17, 15) is 0 Å². The molecule has 5 heteroatoms. The number of nitrogens with one attached hydrogen (secondary N) is 1. The number of halogens is 1. The summed E-state index contributed by atoms with van der Waals surface area (Å²) in [6.45, 7) is 3.90. The van der Waals surface area contributed by atoms with Crippen LogP contribution in [0.4, 0.5) is 5.82 Å². The molecule has 100 valence electrons. The molecule has 0 amide bonds. The molecule has 0 aromatic carbocycles. The summed E-state index contributed by atoms with van der Waals surface area (Å²) < 4.78 is 0. The van der Waals surface area contributed by atoms with Crippen LogP contribution in [0, 0.1) is 13.8 Å². The molecule has 3 nitrogen and oxygen atoms in total. The maximum absolute atomic E-state index is 6.15. The second-order valence-electron chi connectivity index (χ2n) is 4.90. The van der Waals surface area contributed by atoms with Crippen LogP contribution in [-0.2, 0) is 0 Å². The Morgan fingerprint density at radius 1 is 1.22 bits per heavy atom. The van der Waals surface area contributed by atoms with Gasteiger partial charge in [-0.1, -0.05) is 18.0 Å². The third-order valence-electron chi connectivity index (χ3n) is 3.56. The number of anilines is 1. The zero-order valence-corrected chi connectivity index (χ0v) is 12.7. The van der Waals surface area contributed by atoms with Crippen molar-refractivity contribution in [1.29, 1.82) is 0 Å². The van der Waals surface area contributed by atoms with E-state index in [0.717, 1.165) is 22.5 Å². The van der Waals surface area contributed by atoms with Crippen molar-refractivity contribution in [2.45, 2.75) is 50.8 Å². The molecular weight excluding hydrogens is 266 g/mol. The van der Waals surface area contributed by atoms with Crippen LogP contribution in [-0.4, -0.2) is 27.5 Å². The fourth-order valence-electron chi connectivity index (χ4n) is 2.35. The van der Waals surface area contributed by atoms with Gasteiger partial charge in [-0.2, -0.15) is 11.8 Å². The van der Waals surface area contributed by atoms with E-state index in [4.69, 9.17) is 11.6 Å². The van der Waals surface area contributed by atoms with Gasteiger partial charge in [0.15, 0.2) is 11.0 Å². The highest BCUT2D eigenvalue weighted by Crippen LogP contribution is 2.29. The largest absolute Gasteiger partial charge is 0.365 e. The Bertz CT molecular complexity index is 425. The number of hydrogen-bond acceptors (Lipinski definition) is 4. The van der Waals surface area contributed by atoms with Gasteiger partial charge in [-0.15, -0.1) is 0 Å². The van der Waals surface area contributed by atoms with E-state index in [1.165, 1.54) is 25.7 Å². The molecule has 1 aromatic rings. The minimum atomic E-state index is 0.477. The van der Waals surface area contributed by atoms with Gasteiger partial charge in [0.25, 0.3) is 0 Å². The van der Waals surface area contributed by atoms with Crippen LogP contribution in [0.5, 0.6) is 0 Å². The van der Waals surface area contributed by atoms with Crippen LogP contribution in [0.3, 0.4) is 0 Å².